The zero-order valence-electron chi connectivity index (χ0n) is 10.7. The molecule has 0 radical (unpaired) electrons. The third kappa shape index (κ3) is 3.32. The number of aromatic carboxylic acids is 1. The molecule has 0 aliphatic rings. The largest absolute Gasteiger partial charge is 0.478 e. The van der Waals surface area contributed by atoms with Gasteiger partial charge in [-0.15, -0.1) is 33.3 Å². The lowest BCUT2D eigenvalue weighted by molar-refractivity contribution is 0.0697. The highest BCUT2D eigenvalue weighted by Gasteiger charge is 2.10. The summed E-state index contributed by atoms with van der Waals surface area (Å²) >= 11 is 3.07. The molecule has 0 aliphatic carbocycles. The number of aromatic nitrogens is 2. The molecule has 5 nitrogen and oxygen atoms in total. The van der Waals surface area contributed by atoms with E-state index in [4.69, 9.17) is 9.52 Å². The molecule has 2 aromatic heterocycles. The van der Waals surface area contributed by atoms with E-state index in [1.54, 1.807) is 35.6 Å². The van der Waals surface area contributed by atoms with Crippen LogP contribution in [-0.4, -0.2) is 21.3 Å². The summed E-state index contributed by atoms with van der Waals surface area (Å²) in [6.07, 6.45) is 0. The summed E-state index contributed by atoms with van der Waals surface area (Å²) in [6, 6.07) is 10.6. The van der Waals surface area contributed by atoms with Gasteiger partial charge in [-0.05, 0) is 35.7 Å². The number of rotatable bonds is 5. The van der Waals surface area contributed by atoms with Gasteiger partial charge >= 0.3 is 5.97 Å². The van der Waals surface area contributed by atoms with Crippen LogP contribution in [0.1, 0.15) is 16.2 Å². The van der Waals surface area contributed by atoms with Crippen LogP contribution in [0.15, 0.2) is 51.1 Å². The van der Waals surface area contributed by atoms with Crippen LogP contribution in [0, 0.1) is 0 Å². The molecule has 106 valence electrons. The van der Waals surface area contributed by atoms with Crippen LogP contribution in [0.3, 0.4) is 0 Å². The first-order chi connectivity index (χ1) is 10.2. The highest BCUT2D eigenvalue weighted by Crippen LogP contribution is 2.26. The van der Waals surface area contributed by atoms with Crippen molar-refractivity contribution < 1.29 is 14.3 Å². The average Bonchev–Trinajstić information content (AvgIpc) is 3.16. The number of thioether (sulfide) groups is 1. The van der Waals surface area contributed by atoms with Crippen molar-refractivity contribution in [3.8, 4) is 10.8 Å². The van der Waals surface area contributed by atoms with Gasteiger partial charge in [-0.3, -0.25) is 0 Å². The van der Waals surface area contributed by atoms with Gasteiger partial charge in [-0.25, -0.2) is 4.79 Å². The second-order valence-corrected chi connectivity index (χ2v) is 6.09. The number of nitrogens with zero attached hydrogens (tertiary/aromatic N) is 2. The molecule has 0 unspecified atom stereocenters. The maximum absolute atomic E-state index is 10.8. The molecule has 0 bridgehead atoms. The Kier molecular flexibility index (Phi) is 4.03. The van der Waals surface area contributed by atoms with Crippen molar-refractivity contribution in [2.75, 3.05) is 0 Å². The van der Waals surface area contributed by atoms with Gasteiger partial charge in [0, 0.05) is 4.90 Å². The van der Waals surface area contributed by atoms with Crippen molar-refractivity contribution in [1.82, 2.24) is 10.2 Å². The predicted octanol–water partition coefficient (Wildman–Crippen LogP) is 3.79. The van der Waals surface area contributed by atoms with E-state index in [1.165, 1.54) is 11.8 Å². The van der Waals surface area contributed by atoms with Crippen molar-refractivity contribution in [3.05, 3.63) is 53.2 Å². The first kappa shape index (κ1) is 13.8. The lowest BCUT2D eigenvalue weighted by atomic mass is 10.2. The van der Waals surface area contributed by atoms with Crippen LogP contribution in [0.5, 0.6) is 0 Å². The molecule has 0 atom stereocenters. The SMILES string of the molecule is O=C(O)c1ccc(SCc2nnc(-c3cccs3)o2)cc1. The van der Waals surface area contributed by atoms with Crippen molar-refractivity contribution in [2.24, 2.45) is 0 Å². The molecule has 0 saturated heterocycles. The molecule has 0 aliphatic heterocycles. The van der Waals surface area contributed by atoms with E-state index in [2.05, 4.69) is 10.2 Å². The van der Waals surface area contributed by atoms with E-state index in [0.29, 0.717) is 17.5 Å². The first-order valence-corrected chi connectivity index (χ1v) is 7.91. The van der Waals surface area contributed by atoms with Crippen LogP contribution in [-0.2, 0) is 5.75 Å². The molecule has 3 rings (SSSR count). The molecule has 3 aromatic rings. The summed E-state index contributed by atoms with van der Waals surface area (Å²) in [5.41, 5.74) is 0.275. The normalized spacial score (nSPS) is 10.7. The molecule has 2 heterocycles. The van der Waals surface area contributed by atoms with Gasteiger partial charge in [0.15, 0.2) is 0 Å². The van der Waals surface area contributed by atoms with E-state index in [0.717, 1.165) is 9.77 Å². The minimum atomic E-state index is -0.927. The van der Waals surface area contributed by atoms with Crippen LogP contribution in [0.2, 0.25) is 0 Å². The molecule has 21 heavy (non-hydrogen) atoms. The maximum Gasteiger partial charge on any atom is 0.335 e. The van der Waals surface area contributed by atoms with Gasteiger partial charge in [0.05, 0.1) is 16.2 Å². The van der Waals surface area contributed by atoms with Crippen LogP contribution in [0.25, 0.3) is 10.8 Å². The summed E-state index contributed by atoms with van der Waals surface area (Å²) in [5.74, 6) is 0.696. The van der Waals surface area contributed by atoms with Gasteiger partial charge in [-0.1, -0.05) is 6.07 Å². The van der Waals surface area contributed by atoms with E-state index >= 15 is 0 Å². The number of carbonyl (C=O) groups is 1. The minimum absolute atomic E-state index is 0.275. The fourth-order valence-electron chi connectivity index (χ4n) is 1.65. The van der Waals surface area contributed by atoms with E-state index in [9.17, 15) is 4.79 Å². The summed E-state index contributed by atoms with van der Waals surface area (Å²) in [5, 5.41) is 18.8. The number of hydrogen-bond donors (Lipinski definition) is 1. The lowest BCUT2D eigenvalue weighted by Crippen LogP contribution is -1.94. The highest BCUT2D eigenvalue weighted by molar-refractivity contribution is 7.98. The number of carboxylic acid groups (broad SMARTS) is 1. The van der Waals surface area contributed by atoms with E-state index < -0.39 is 5.97 Å². The minimum Gasteiger partial charge on any atom is -0.478 e. The Bertz CT molecular complexity index is 736. The molecular formula is C14H10N2O3S2. The number of hydrogen-bond acceptors (Lipinski definition) is 6. The van der Waals surface area contributed by atoms with Gasteiger partial charge in [0.2, 0.25) is 5.89 Å². The van der Waals surface area contributed by atoms with Gasteiger partial charge in [0.25, 0.3) is 5.89 Å². The topological polar surface area (TPSA) is 76.2 Å². The van der Waals surface area contributed by atoms with Crippen molar-refractivity contribution in [1.29, 1.82) is 0 Å². The Morgan fingerprint density at radius 1 is 1.24 bits per heavy atom. The molecule has 1 aromatic carbocycles. The highest BCUT2D eigenvalue weighted by atomic mass is 32.2. The van der Waals surface area contributed by atoms with E-state index in [1.807, 2.05) is 17.5 Å². The molecular weight excluding hydrogens is 308 g/mol. The first-order valence-electron chi connectivity index (χ1n) is 6.05. The fourth-order valence-corrected chi connectivity index (χ4v) is 3.03. The third-order valence-electron chi connectivity index (χ3n) is 2.66. The Morgan fingerprint density at radius 3 is 2.71 bits per heavy atom. The monoisotopic (exact) mass is 318 g/mol. The van der Waals surface area contributed by atoms with Gasteiger partial charge in [0.1, 0.15) is 0 Å². The maximum atomic E-state index is 10.8. The van der Waals surface area contributed by atoms with Crippen LogP contribution >= 0.6 is 23.1 Å². The number of carboxylic acids is 1. The fraction of sp³-hybridized carbons (Fsp3) is 0.0714. The second-order valence-electron chi connectivity index (χ2n) is 4.10. The predicted molar refractivity (Wildman–Crippen MR) is 80.6 cm³/mol. The molecule has 0 amide bonds. The summed E-state index contributed by atoms with van der Waals surface area (Å²) in [4.78, 5) is 12.7. The Labute approximate surface area is 128 Å². The Hall–Kier alpha value is -2.12. The third-order valence-corrected chi connectivity index (χ3v) is 4.52. The average molecular weight is 318 g/mol. The molecule has 0 spiro atoms. The van der Waals surface area contributed by atoms with Gasteiger partial charge < -0.3 is 9.52 Å². The van der Waals surface area contributed by atoms with Crippen LogP contribution < -0.4 is 0 Å². The van der Waals surface area contributed by atoms with Gasteiger partial charge in [-0.2, -0.15) is 0 Å². The molecule has 7 heteroatoms. The zero-order valence-corrected chi connectivity index (χ0v) is 12.4. The molecule has 1 N–H and O–H groups in total. The smallest absolute Gasteiger partial charge is 0.335 e. The lowest BCUT2D eigenvalue weighted by Gasteiger charge is -1.99. The Morgan fingerprint density at radius 2 is 2.05 bits per heavy atom. The number of thiophene rings is 1. The quantitative estimate of drug-likeness (QED) is 0.721. The standard InChI is InChI=1S/C14H10N2O3S2/c17-14(18)9-3-5-10(6-4-9)21-8-12-15-16-13(19-12)11-2-1-7-20-11/h1-7H,8H2,(H,17,18). The molecule has 0 fully saturated rings. The summed E-state index contributed by atoms with van der Waals surface area (Å²) < 4.78 is 5.58. The molecule has 0 saturated carbocycles. The van der Waals surface area contributed by atoms with E-state index in [-0.39, 0.29) is 5.56 Å². The Balaban J connectivity index is 1.64. The summed E-state index contributed by atoms with van der Waals surface area (Å²) in [6.45, 7) is 0. The summed E-state index contributed by atoms with van der Waals surface area (Å²) in [7, 11) is 0. The van der Waals surface area contributed by atoms with Crippen molar-refractivity contribution in [3.63, 3.8) is 0 Å². The van der Waals surface area contributed by atoms with Crippen molar-refractivity contribution >= 4 is 29.1 Å². The van der Waals surface area contributed by atoms with Crippen molar-refractivity contribution in [2.45, 2.75) is 10.6 Å². The number of benzene rings is 1. The van der Waals surface area contributed by atoms with Crippen LogP contribution in [0.4, 0.5) is 0 Å². The second kappa shape index (κ2) is 6.11. The zero-order chi connectivity index (χ0) is 14.7.